The molecule has 0 spiro atoms. The van der Waals surface area contributed by atoms with Crippen LogP contribution in [0.5, 0.6) is 0 Å². The lowest BCUT2D eigenvalue weighted by Crippen LogP contribution is -2.16. The zero-order valence-electron chi connectivity index (χ0n) is 11.3. The lowest BCUT2D eigenvalue weighted by atomic mass is 10.2. The van der Waals surface area contributed by atoms with Crippen LogP contribution in [0.3, 0.4) is 0 Å². The maximum atomic E-state index is 4.57. The first-order valence-corrected chi connectivity index (χ1v) is 5.87. The Kier molecular flexibility index (Phi) is 3.46. The first kappa shape index (κ1) is 12.4. The van der Waals surface area contributed by atoms with Crippen LogP contribution in [0.4, 0.5) is 11.6 Å². The lowest BCUT2D eigenvalue weighted by Gasteiger charge is -2.17. The molecule has 0 aliphatic carbocycles. The van der Waals surface area contributed by atoms with Crippen LogP contribution in [0.1, 0.15) is 0 Å². The van der Waals surface area contributed by atoms with E-state index in [1.807, 2.05) is 74.4 Å². The van der Waals surface area contributed by atoms with E-state index in [2.05, 4.69) is 9.97 Å². The molecule has 1 aromatic heterocycles. The smallest absolute Gasteiger partial charge is 0.163 e. The third-order valence-electron chi connectivity index (χ3n) is 2.65. The molecule has 0 saturated carbocycles. The Morgan fingerprint density at radius 2 is 1.28 bits per heavy atom. The van der Waals surface area contributed by atoms with Crippen LogP contribution < -0.4 is 9.80 Å². The van der Waals surface area contributed by atoms with Gasteiger partial charge in [-0.3, -0.25) is 0 Å². The van der Waals surface area contributed by atoms with Crippen molar-refractivity contribution in [2.45, 2.75) is 0 Å². The highest BCUT2D eigenvalue weighted by Gasteiger charge is 2.09. The van der Waals surface area contributed by atoms with Gasteiger partial charge in [0, 0.05) is 39.8 Å². The van der Waals surface area contributed by atoms with Gasteiger partial charge in [-0.05, 0) is 0 Å². The van der Waals surface area contributed by atoms with Crippen molar-refractivity contribution in [2.75, 3.05) is 38.0 Å². The molecule has 0 amide bonds. The van der Waals surface area contributed by atoms with Crippen molar-refractivity contribution < 1.29 is 0 Å². The summed E-state index contributed by atoms with van der Waals surface area (Å²) in [6, 6.07) is 12.0. The van der Waals surface area contributed by atoms with Crippen LogP contribution in [0, 0.1) is 0 Å². The Morgan fingerprint density at radius 1 is 0.778 bits per heavy atom. The molecule has 0 radical (unpaired) electrons. The summed E-state index contributed by atoms with van der Waals surface area (Å²) in [5.74, 6) is 2.57. The monoisotopic (exact) mass is 242 g/mol. The predicted molar refractivity (Wildman–Crippen MR) is 76.1 cm³/mol. The Morgan fingerprint density at radius 3 is 1.72 bits per heavy atom. The molecule has 0 aliphatic heterocycles. The molecule has 0 bridgehead atoms. The van der Waals surface area contributed by atoms with E-state index in [0.29, 0.717) is 0 Å². The molecule has 0 saturated heterocycles. The van der Waals surface area contributed by atoms with E-state index in [1.165, 1.54) is 0 Å². The van der Waals surface area contributed by atoms with Crippen molar-refractivity contribution in [2.24, 2.45) is 0 Å². The van der Waals surface area contributed by atoms with Crippen molar-refractivity contribution in [1.29, 1.82) is 0 Å². The van der Waals surface area contributed by atoms with Crippen LogP contribution in [-0.2, 0) is 0 Å². The maximum absolute atomic E-state index is 4.57. The average molecular weight is 242 g/mol. The average Bonchev–Trinajstić information content (AvgIpc) is 2.39. The summed E-state index contributed by atoms with van der Waals surface area (Å²) in [4.78, 5) is 13.1. The summed E-state index contributed by atoms with van der Waals surface area (Å²) >= 11 is 0. The number of rotatable bonds is 3. The third kappa shape index (κ3) is 2.59. The fourth-order valence-electron chi connectivity index (χ4n) is 1.60. The van der Waals surface area contributed by atoms with E-state index in [1.54, 1.807) is 0 Å². The van der Waals surface area contributed by atoms with Crippen molar-refractivity contribution in [1.82, 2.24) is 9.97 Å². The summed E-state index contributed by atoms with van der Waals surface area (Å²) in [5, 5.41) is 0. The van der Waals surface area contributed by atoms with Gasteiger partial charge in [0.05, 0.1) is 0 Å². The second kappa shape index (κ2) is 5.04. The molecule has 0 aliphatic rings. The standard InChI is InChI=1S/C14H18N4/c1-17(2)12-10-13(18(3)4)16-14(15-12)11-8-6-5-7-9-11/h5-10H,1-4H3. The molecule has 0 N–H and O–H groups in total. The Hall–Kier alpha value is -2.10. The number of hydrogen-bond acceptors (Lipinski definition) is 4. The van der Waals surface area contributed by atoms with Crippen molar-refractivity contribution >= 4 is 11.6 Å². The van der Waals surface area contributed by atoms with E-state index >= 15 is 0 Å². The lowest BCUT2D eigenvalue weighted by molar-refractivity contribution is 1.00. The fraction of sp³-hybridized carbons (Fsp3) is 0.286. The zero-order chi connectivity index (χ0) is 13.1. The minimum absolute atomic E-state index is 0.755. The second-order valence-electron chi connectivity index (χ2n) is 4.56. The Labute approximate surface area is 108 Å². The first-order chi connectivity index (χ1) is 8.58. The van der Waals surface area contributed by atoms with Crippen molar-refractivity contribution in [3.63, 3.8) is 0 Å². The molecule has 1 aromatic carbocycles. The third-order valence-corrected chi connectivity index (χ3v) is 2.65. The van der Waals surface area contributed by atoms with Gasteiger partial charge in [-0.1, -0.05) is 30.3 Å². The van der Waals surface area contributed by atoms with Crippen molar-refractivity contribution in [3.8, 4) is 11.4 Å². The molecule has 0 unspecified atom stereocenters. The number of nitrogens with zero attached hydrogens (tertiary/aromatic N) is 4. The number of benzene rings is 1. The summed E-state index contributed by atoms with van der Waals surface area (Å²) < 4.78 is 0. The quantitative estimate of drug-likeness (QED) is 0.826. The Balaban J connectivity index is 2.54. The van der Waals surface area contributed by atoms with E-state index in [4.69, 9.17) is 0 Å². The maximum Gasteiger partial charge on any atom is 0.163 e. The number of anilines is 2. The van der Waals surface area contributed by atoms with Gasteiger partial charge in [0.15, 0.2) is 5.82 Å². The largest absolute Gasteiger partial charge is 0.363 e. The van der Waals surface area contributed by atoms with Crippen LogP contribution >= 0.6 is 0 Å². The number of hydrogen-bond donors (Lipinski definition) is 0. The van der Waals surface area contributed by atoms with Crippen molar-refractivity contribution in [3.05, 3.63) is 36.4 Å². The molecule has 0 fully saturated rings. The molecule has 18 heavy (non-hydrogen) atoms. The summed E-state index contributed by atoms with van der Waals surface area (Å²) in [5.41, 5.74) is 1.03. The summed E-state index contributed by atoms with van der Waals surface area (Å²) in [7, 11) is 7.93. The first-order valence-electron chi connectivity index (χ1n) is 5.87. The predicted octanol–water partition coefficient (Wildman–Crippen LogP) is 2.28. The fourth-order valence-corrected chi connectivity index (χ4v) is 1.60. The van der Waals surface area contributed by atoms with Crippen LogP contribution in [0.15, 0.2) is 36.4 Å². The SMILES string of the molecule is CN(C)c1cc(N(C)C)nc(-c2ccccc2)n1. The van der Waals surface area contributed by atoms with E-state index in [9.17, 15) is 0 Å². The highest BCUT2D eigenvalue weighted by Crippen LogP contribution is 2.22. The highest BCUT2D eigenvalue weighted by molar-refractivity contribution is 5.61. The molecular formula is C14H18N4. The molecule has 2 rings (SSSR count). The van der Waals surface area contributed by atoms with Crippen LogP contribution in [0.25, 0.3) is 11.4 Å². The highest BCUT2D eigenvalue weighted by atomic mass is 15.2. The minimum Gasteiger partial charge on any atom is -0.363 e. The van der Waals surface area contributed by atoms with Gasteiger partial charge >= 0.3 is 0 Å². The van der Waals surface area contributed by atoms with Gasteiger partial charge in [-0.15, -0.1) is 0 Å². The van der Waals surface area contributed by atoms with Gasteiger partial charge in [0.2, 0.25) is 0 Å². The van der Waals surface area contributed by atoms with E-state index in [-0.39, 0.29) is 0 Å². The van der Waals surface area contributed by atoms with Gasteiger partial charge in [0.25, 0.3) is 0 Å². The second-order valence-corrected chi connectivity index (χ2v) is 4.56. The Bertz CT molecular complexity index is 494. The minimum atomic E-state index is 0.755. The molecular weight excluding hydrogens is 224 g/mol. The van der Waals surface area contributed by atoms with Gasteiger partial charge in [-0.2, -0.15) is 0 Å². The normalized spacial score (nSPS) is 10.2. The van der Waals surface area contributed by atoms with E-state index < -0.39 is 0 Å². The van der Waals surface area contributed by atoms with E-state index in [0.717, 1.165) is 23.0 Å². The molecule has 4 heteroatoms. The topological polar surface area (TPSA) is 32.3 Å². The summed E-state index contributed by atoms with van der Waals surface area (Å²) in [6.45, 7) is 0. The molecule has 0 atom stereocenters. The molecule has 4 nitrogen and oxygen atoms in total. The zero-order valence-corrected chi connectivity index (χ0v) is 11.3. The van der Waals surface area contributed by atoms with Gasteiger partial charge in [-0.25, -0.2) is 9.97 Å². The van der Waals surface area contributed by atoms with Gasteiger partial charge < -0.3 is 9.80 Å². The molecule has 2 aromatic rings. The van der Waals surface area contributed by atoms with Crippen LogP contribution in [-0.4, -0.2) is 38.2 Å². The molecule has 1 heterocycles. The van der Waals surface area contributed by atoms with Gasteiger partial charge in [0.1, 0.15) is 11.6 Å². The number of aromatic nitrogens is 2. The molecule has 94 valence electrons. The summed E-state index contributed by atoms with van der Waals surface area (Å²) in [6.07, 6.45) is 0. The van der Waals surface area contributed by atoms with Crippen LogP contribution in [0.2, 0.25) is 0 Å².